The Morgan fingerprint density at radius 1 is 1.35 bits per heavy atom. The van der Waals surface area contributed by atoms with Gasteiger partial charge in [0.25, 0.3) is 0 Å². The predicted molar refractivity (Wildman–Crippen MR) is 75.4 cm³/mol. The number of ether oxygens (including phenoxy) is 1. The maximum atomic E-state index is 10.1. The van der Waals surface area contributed by atoms with E-state index in [0.717, 1.165) is 11.3 Å². The molecule has 0 amide bonds. The number of hydrogen-bond acceptors (Lipinski definition) is 5. The summed E-state index contributed by atoms with van der Waals surface area (Å²) in [6.07, 6.45) is 0.897. The molecular formula is C15H15N3O2. The van der Waals surface area contributed by atoms with Crippen LogP contribution in [0.4, 0.5) is 5.82 Å². The first-order valence-corrected chi connectivity index (χ1v) is 6.15. The van der Waals surface area contributed by atoms with Gasteiger partial charge in [0.05, 0.1) is 24.8 Å². The molecule has 102 valence electrons. The molecular weight excluding hydrogens is 254 g/mol. The largest absolute Gasteiger partial charge is 0.497 e. The van der Waals surface area contributed by atoms with Crippen LogP contribution in [-0.4, -0.2) is 23.7 Å². The summed E-state index contributed by atoms with van der Waals surface area (Å²) < 4.78 is 5.07. The molecule has 0 saturated carbocycles. The van der Waals surface area contributed by atoms with Crippen molar-refractivity contribution in [2.24, 2.45) is 0 Å². The van der Waals surface area contributed by atoms with Crippen LogP contribution in [0.25, 0.3) is 0 Å². The summed E-state index contributed by atoms with van der Waals surface area (Å²) in [6, 6.07) is 12.5. The van der Waals surface area contributed by atoms with E-state index in [2.05, 4.69) is 10.3 Å². The van der Waals surface area contributed by atoms with Crippen molar-refractivity contribution in [2.45, 2.75) is 6.10 Å². The number of methoxy groups -OCH3 is 1. The van der Waals surface area contributed by atoms with E-state index in [4.69, 9.17) is 10.00 Å². The molecule has 1 heterocycles. The molecule has 0 bridgehead atoms. The molecule has 1 aromatic carbocycles. The Labute approximate surface area is 117 Å². The molecule has 1 aromatic heterocycles. The van der Waals surface area contributed by atoms with E-state index >= 15 is 0 Å². The van der Waals surface area contributed by atoms with Gasteiger partial charge in [0, 0.05) is 12.7 Å². The Morgan fingerprint density at radius 2 is 2.10 bits per heavy atom. The Hall–Kier alpha value is -2.58. The molecule has 0 saturated heterocycles. The van der Waals surface area contributed by atoms with Gasteiger partial charge in [0.15, 0.2) is 0 Å². The molecule has 0 fully saturated rings. The minimum absolute atomic E-state index is 0.314. The molecule has 1 unspecified atom stereocenters. The highest BCUT2D eigenvalue weighted by Crippen LogP contribution is 2.18. The third kappa shape index (κ3) is 3.46. The minimum atomic E-state index is -0.659. The first-order valence-electron chi connectivity index (χ1n) is 6.15. The number of nitrogens with zero attached hydrogens (tertiary/aromatic N) is 2. The van der Waals surface area contributed by atoms with Gasteiger partial charge in [-0.3, -0.25) is 0 Å². The predicted octanol–water partition coefficient (Wildman–Crippen LogP) is 2.11. The van der Waals surface area contributed by atoms with Crippen molar-refractivity contribution in [3.05, 3.63) is 53.7 Å². The van der Waals surface area contributed by atoms with Gasteiger partial charge in [0.1, 0.15) is 11.6 Å². The molecule has 5 nitrogen and oxygen atoms in total. The van der Waals surface area contributed by atoms with Crippen molar-refractivity contribution < 1.29 is 9.84 Å². The van der Waals surface area contributed by atoms with Crippen LogP contribution in [0.2, 0.25) is 0 Å². The number of anilines is 1. The second-order valence-electron chi connectivity index (χ2n) is 4.21. The highest BCUT2D eigenvalue weighted by molar-refractivity contribution is 5.42. The van der Waals surface area contributed by atoms with E-state index in [1.165, 1.54) is 0 Å². The molecule has 2 N–H and O–H groups in total. The number of aromatic nitrogens is 1. The monoisotopic (exact) mass is 269 g/mol. The van der Waals surface area contributed by atoms with Gasteiger partial charge in [-0.2, -0.15) is 5.26 Å². The second-order valence-corrected chi connectivity index (χ2v) is 4.21. The molecule has 0 spiro atoms. The maximum Gasteiger partial charge on any atom is 0.127 e. The molecule has 20 heavy (non-hydrogen) atoms. The highest BCUT2D eigenvalue weighted by Gasteiger charge is 2.08. The fourth-order valence-corrected chi connectivity index (χ4v) is 1.74. The molecule has 2 aromatic rings. The van der Waals surface area contributed by atoms with E-state index in [9.17, 15) is 5.11 Å². The maximum absolute atomic E-state index is 10.1. The SMILES string of the molecule is COc1ccc(C(O)CNc2cc(C#N)ccn2)cc1. The van der Waals surface area contributed by atoms with Crippen LogP contribution < -0.4 is 10.1 Å². The average molecular weight is 269 g/mol. The van der Waals surface area contributed by atoms with Gasteiger partial charge < -0.3 is 15.2 Å². The van der Waals surface area contributed by atoms with Crippen molar-refractivity contribution in [3.63, 3.8) is 0 Å². The molecule has 1 atom stereocenters. The molecule has 2 rings (SSSR count). The Morgan fingerprint density at radius 3 is 2.75 bits per heavy atom. The normalized spacial score (nSPS) is 11.4. The zero-order chi connectivity index (χ0) is 14.4. The summed E-state index contributed by atoms with van der Waals surface area (Å²) in [5.41, 5.74) is 1.32. The summed E-state index contributed by atoms with van der Waals surface area (Å²) >= 11 is 0. The van der Waals surface area contributed by atoms with E-state index in [1.54, 1.807) is 37.6 Å². The summed E-state index contributed by atoms with van der Waals surface area (Å²) in [5.74, 6) is 1.31. The van der Waals surface area contributed by atoms with Crippen molar-refractivity contribution in [1.82, 2.24) is 4.98 Å². The summed E-state index contributed by atoms with van der Waals surface area (Å²) in [5, 5.41) is 21.9. The Balaban J connectivity index is 1.97. The molecule has 0 aliphatic carbocycles. The standard InChI is InChI=1S/C15H15N3O2/c1-20-13-4-2-12(3-5-13)14(19)10-18-15-8-11(9-16)6-7-17-15/h2-8,14,19H,10H2,1H3,(H,17,18). The number of aliphatic hydroxyl groups is 1. The van der Waals surface area contributed by atoms with Crippen LogP contribution in [0.15, 0.2) is 42.6 Å². The van der Waals surface area contributed by atoms with Crippen molar-refractivity contribution in [3.8, 4) is 11.8 Å². The summed E-state index contributed by atoms with van der Waals surface area (Å²) in [4.78, 5) is 4.09. The van der Waals surface area contributed by atoms with Gasteiger partial charge in [0.2, 0.25) is 0 Å². The lowest BCUT2D eigenvalue weighted by Gasteiger charge is -2.13. The van der Waals surface area contributed by atoms with Crippen LogP contribution in [0, 0.1) is 11.3 Å². The van der Waals surface area contributed by atoms with Gasteiger partial charge in [-0.1, -0.05) is 12.1 Å². The first kappa shape index (κ1) is 13.8. The van der Waals surface area contributed by atoms with Gasteiger partial charge in [-0.25, -0.2) is 4.98 Å². The molecule has 0 aliphatic heterocycles. The van der Waals surface area contributed by atoms with E-state index in [0.29, 0.717) is 17.9 Å². The molecule has 5 heteroatoms. The van der Waals surface area contributed by atoms with Crippen LogP contribution in [0.3, 0.4) is 0 Å². The minimum Gasteiger partial charge on any atom is -0.497 e. The number of pyridine rings is 1. The lowest BCUT2D eigenvalue weighted by Crippen LogP contribution is -2.12. The third-order valence-electron chi connectivity index (χ3n) is 2.87. The topological polar surface area (TPSA) is 78.2 Å². The number of nitrogens with one attached hydrogen (secondary N) is 1. The summed E-state index contributed by atoms with van der Waals surface area (Å²) in [7, 11) is 1.60. The smallest absolute Gasteiger partial charge is 0.127 e. The average Bonchev–Trinajstić information content (AvgIpc) is 2.53. The van der Waals surface area contributed by atoms with E-state index < -0.39 is 6.10 Å². The number of rotatable bonds is 5. The zero-order valence-corrected chi connectivity index (χ0v) is 11.1. The van der Waals surface area contributed by atoms with Gasteiger partial charge in [-0.15, -0.1) is 0 Å². The highest BCUT2D eigenvalue weighted by atomic mass is 16.5. The van der Waals surface area contributed by atoms with Crippen LogP contribution in [0.1, 0.15) is 17.2 Å². The fraction of sp³-hybridized carbons (Fsp3) is 0.200. The molecule has 0 radical (unpaired) electrons. The zero-order valence-electron chi connectivity index (χ0n) is 11.1. The van der Waals surface area contributed by atoms with Crippen molar-refractivity contribution >= 4 is 5.82 Å². The third-order valence-corrected chi connectivity index (χ3v) is 2.87. The number of benzene rings is 1. The van der Waals surface area contributed by atoms with Crippen LogP contribution >= 0.6 is 0 Å². The van der Waals surface area contributed by atoms with Crippen molar-refractivity contribution in [2.75, 3.05) is 19.0 Å². The second kappa shape index (κ2) is 6.55. The lowest BCUT2D eigenvalue weighted by molar-refractivity contribution is 0.191. The molecule has 0 aliphatic rings. The number of nitriles is 1. The Bertz CT molecular complexity index is 605. The van der Waals surface area contributed by atoms with Gasteiger partial charge in [-0.05, 0) is 29.8 Å². The quantitative estimate of drug-likeness (QED) is 0.869. The van der Waals surface area contributed by atoms with Crippen molar-refractivity contribution in [1.29, 1.82) is 5.26 Å². The Kier molecular flexibility index (Phi) is 4.53. The number of hydrogen-bond donors (Lipinski definition) is 2. The van der Waals surface area contributed by atoms with E-state index in [1.807, 2.05) is 18.2 Å². The van der Waals surface area contributed by atoms with Crippen LogP contribution in [0.5, 0.6) is 5.75 Å². The number of aliphatic hydroxyl groups excluding tert-OH is 1. The fourth-order valence-electron chi connectivity index (χ4n) is 1.74. The lowest BCUT2D eigenvalue weighted by atomic mass is 10.1. The van der Waals surface area contributed by atoms with Crippen LogP contribution in [-0.2, 0) is 0 Å². The summed E-state index contributed by atoms with van der Waals surface area (Å²) in [6.45, 7) is 0.314. The van der Waals surface area contributed by atoms with E-state index in [-0.39, 0.29) is 0 Å². The first-order chi connectivity index (χ1) is 9.72. The van der Waals surface area contributed by atoms with Gasteiger partial charge >= 0.3 is 0 Å².